The van der Waals surface area contributed by atoms with Gasteiger partial charge in [0.05, 0.1) is 17.8 Å². The zero-order valence-electron chi connectivity index (χ0n) is 14.4. The number of benzene rings is 1. The highest BCUT2D eigenvalue weighted by Gasteiger charge is 2.35. The Morgan fingerprint density at radius 1 is 1.24 bits per heavy atom. The van der Waals surface area contributed by atoms with Gasteiger partial charge in [-0.2, -0.15) is 5.26 Å². The molecule has 0 amide bonds. The van der Waals surface area contributed by atoms with Crippen LogP contribution in [0.3, 0.4) is 0 Å². The van der Waals surface area contributed by atoms with Crippen LogP contribution in [-0.2, 0) is 4.74 Å². The van der Waals surface area contributed by atoms with Crippen molar-refractivity contribution in [3.8, 4) is 11.8 Å². The standard InChI is InChI=1S/C18H26N4O3/c19-5-6-21-9-16-11-22(12-17(10-21)25-16)8-15(23)13-24-18-4-2-1-3-14(18)7-20/h1-4,15-17,23H,5-6,8-13,19H2/t15-,16?,17?/m0/s1. The molecule has 7 heteroatoms. The van der Waals surface area contributed by atoms with Crippen molar-refractivity contribution in [2.24, 2.45) is 5.73 Å². The summed E-state index contributed by atoms with van der Waals surface area (Å²) in [5.74, 6) is 0.514. The Hall–Kier alpha value is -1.69. The van der Waals surface area contributed by atoms with Crippen molar-refractivity contribution in [3.05, 3.63) is 29.8 Å². The molecule has 3 N–H and O–H groups in total. The van der Waals surface area contributed by atoms with Gasteiger partial charge in [0, 0.05) is 45.8 Å². The largest absolute Gasteiger partial charge is 0.489 e. The van der Waals surface area contributed by atoms with Crippen molar-refractivity contribution < 1.29 is 14.6 Å². The number of β-amino-alcohol motifs (C(OH)–C–C–N with tert-alkyl or cyclic N) is 1. The summed E-state index contributed by atoms with van der Waals surface area (Å²) in [6.07, 6.45) is -0.260. The Balaban J connectivity index is 1.46. The van der Waals surface area contributed by atoms with Gasteiger partial charge in [-0.15, -0.1) is 0 Å². The van der Waals surface area contributed by atoms with Crippen molar-refractivity contribution in [1.29, 1.82) is 5.26 Å². The fraction of sp³-hybridized carbons (Fsp3) is 0.611. The maximum absolute atomic E-state index is 10.3. The van der Waals surface area contributed by atoms with Crippen LogP contribution in [0.15, 0.2) is 24.3 Å². The first kappa shape index (κ1) is 18.1. The molecule has 2 heterocycles. The summed E-state index contributed by atoms with van der Waals surface area (Å²) in [4.78, 5) is 4.59. The average Bonchev–Trinajstić information content (AvgIpc) is 2.59. The Morgan fingerprint density at radius 2 is 1.92 bits per heavy atom. The van der Waals surface area contributed by atoms with Crippen LogP contribution in [0.2, 0.25) is 0 Å². The maximum atomic E-state index is 10.3. The summed E-state index contributed by atoms with van der Waals surface area (Å²) in [5, 5.41) is 19.4. The van der Waals surface area contributed by atoms with Gasteiger partial charge in [0.2, 0.25) is 0 Å². The number of nitrogens with two attached hydrogens (primary N) is 1. The van der Waals surface area contributed by atoms with Crippen molar-refractivity contribution in [1.82, 2.24) is 9.80 Å². The number of nitrogens with zero attached hydrogens (tertiary/aromatic N) is 3. The minimum atomic E-state index is -0.606. The molecule has 2 fully saturated rings. The molecule has 0 spiro atoms. The van der Waals surface area contributed by atoms with Gasteiger partial charge in [0.15, 0.2) is 0 Å². The smallest absolute Gasteiger partial charge is 0.137 e. The van der Waals surface area contributed by atoms with Crippen LogP contribution < -0.4 is 10.5 Å². The van der Waals surface area contributed by atoms with Gasteiger partial charge in [-0.05, 0) is 12.1 Å². The van der Waals surface area contributed by atoms with E-state index < -0.39 is 6.10 Å². The van der Waals surface area contributed by atoms with Gasteiger partial charge < -0.3 is 20.3 Å². The second-order valence-corrected chi connectivity index (χ2v) is 6.72. The molecule has 7 nitrogen and oxygen atoms in total. The van der Waals surface area contributed by atoms with E-state index in [0.717, 1.165) is 32.7 Å². The van der Waals surface area contributed by atoms with Gasteiger partial charge in [0.1, 0.15) is 24.5 Å². The van der Waals surface area contributed by atoms with E-state index in [1.54, 1.807) is 18.2 Å². The maximum Gasteiger partial charge on any atom is 0.137 e. The molecular weight excluding hydrogens is 320 g/mol. The minimum absolute atomic E-state index is 0.171. The van der Waals surface area contributed by atoms with Crippen LogP contribution >= 0.6 is 0 Å². The number of morpholine rings is 2. The average molecular weight is 346 g/mol. The second kappa shape index (κ2) is 8.61. The lowest BCUT2D eigenvalue weighted by Crippen LogP contribution is -2.60. The van der Waals surface area contributed by atoms with Gasteiger partial charge >= 0.3 is 0 Å². The summed E-state index contributed by atoms with van der Waals surface area (Å²) >= 11 is 0. The molecule has 2 aliphatic heterocycles. The lowest BCUT2D eigenvalue weighted by molar-refractivity contribution is -0.142. The zero-order valence-corrected chi connectivity index (χ0v) is 14.4. The van der Waals surface area contributed by atoms with Crippen LogP contribution in [0.1, 0.15) is 5.56 Å². The molecule has 136 valence electrons. The third-order valence-corrected chi connectivity index (χ3v) is 4.59. The summed E-state index contributed by atoms with van der Waals surface area (Å²) < 4.78 is 11.6. The van der Waals surface area contributed by atoms with E-state index in [2.05, 4.69) is 15.9 Å². The molecule has 1 aromatic carbocycles. The number of hydrogen-bond acceptors (Lipinski definition) is 7. The number of aliphatic hydroxyl groups is 1. The van der Waals surface area contributed by atoms with Crippen molar-refractivity contribution in [3.63, 3.8) is 0 Å². The van der Waals surface area contributed by atoms with Crippen molar-refractivity contribution in [2.45, 2.75) is 18.3 Å². The van der Waals surface area contributed by atoms with Crippen molar-refractivity contribution >= 4 is 0 Å². The molecular formula is C18H26N4O3. The molecule has 3 rings (SSSR count). The first-order chi connectivity index (χ1) is 12.2. The highest BCUT2D eigenvalue weighted by atomic mass is 16.5. The molecule has 2 bridgehead atoms. The number of rotatable bonds is 7. The quantitative estimate of drug-likeness (QED) is 0.696. The number of para-hydroxylation sites is 1. The summed E-state index contributed by atoms with van der Waals surface area (Å²) in [7, 11) is 0. The van der Waals surface area contributed by atoms with Gasteiger partial charge in [-0.1, -0.05) is 12.1 Å². The number of hydrogen-bond donors (Lipinski definition) is 2. The second-order valence-electron chi connectivity index (χ2n) is 6.72. The number of nitriles is 1. The first-order valence-corrected chi connectivity index (χ1v) is 8.78. The molecule has 2 saturated heterocycles. The third-order valence-electron chi connectivity index (χ3n) is 4.59. The number of fused-ring (bicyclic) bond motifs is 2. The normalized spacial score (nSPS) is 25.3. The lowest BCUT2D eigenvalue weighted by atomic mass is 10.1. The number of aliphatic hydroxyl groups excluding tert-OH is 1. The van der Waals surface area contributed by atoms with Crippen LogP contribution in [-0.4, -0.2) is 85.6 Å². The number of ether oxygens (including phenoxy) is 2. The molecule has 0 aliphatic carbocycles. The van der Waals surface area contributed by atoms with Crippen LogP contribution in [0.5, 0.6) is 5.75 Å². The monoisotopic (exact) mass is 346 g/mol. The summed E-state index contributed by atoms with van der Waals surface area (Å²) in [6, 6.07) is 9.16. The molecule has 2 unspecified atom stereocenters. The fourth-order valence-corrected chi connectivity index (χ4v) is 3.60. The Labute approximate surface area is 148 Å². The Kier molecular flexibility index (Phi) is 6.24. The van der Waals surface area contributed by atoms with E-state index >= 15 is 0 Å². The molecule has 2 aliphatic rings. The van der Waals surface area contributed by atoms with E-state index in [0.29, 0.717) is 24.4 Å². The minimum Gasteiger partial charge on any atom is -0.489 e. The SMILES string of the molecule is N#Cc1ccccc1OC[C@@H](O)CN1CC2CN(CCN)CC(C1)O2. The van der Waals surface area contributed by atoms with E-state index in [1.807, 2.05) is 6.07 Å². The lowest BCUT2D eigenvalue weighted by Gasteiger charge is -2.46. The highest BCUT2D eigenvalue weighted by molar-refractivity contribution is 5.42. The van der Waals surface area contributed by atoms with Crippen LogP contribution in [0.25, 0.3) is 0 Å². The summed E-state index contributed by atoms with van der Waals surface area (Å²) in [5.41, 5.74) is 6.13. The molecule has 1 aromatic rings. The molecule has 25 heavy (non-hydrogen) atoms. The third kappa shape index (κ3) is 4.91. The predicted octanol–water partition coefficient (Wildman–Crippen LogP) is -0.358. The van der Waals surface area contributed by atoms with Crippen molar-refractivity contribution in [2.75, 3.05) is 52.4 Å². The van der Waals surface area contributed by atoms with Crippen LogP contribution in [0.4, 0.5) is 0 Å². The fourth-order valence-electron chi connectivity index (χ4n) is 3.60. The van der Waals surface area contributed by atoms with E-state index in [-0.39, 0.29) is 18.8 Å². The molecule has 3 atom stereocenters. The van der Waals surface area contributed by atoms with E-state index in [4.69, 9.17) is 20.5 Å². The van der Waals surface area contributed by atoms with Gasteiger partial charge in [-0.25, -0.2) is 0 Å². The predicted molar refractivity (Wildman–Crippen MR) is 93.3 cm³/mol. The van der Waals surface area contributed by atoms with E-state index in [9.17, 15) is 5.11 Å². The van der Waals surface area contributed by atoms with Crippen LogP contribution in [0, 0.1) is 11.3 Å². The highest BCUT2D eigenvalue weighted by Crippen LogP contribution is 2.20. The molecule has 0 saturated carbocycles. The first-order valence-electron chi connectivity index (χ1n) is 8.78. The van der Waals surface area contributed by atoms with Gasteiger partial charge in [-0.3, -0.25) is 9.80 Å². The topological polar surface area (TPSA) is 95.0 Å². The molecule has 0 aromatic heterocycles. The Bertz CT molecular complexity index is 592. The molecule has 0 radical (unpaired) electrons. The zero-order chi connectivity index (χ0) is 17.6. The van der Waals surface area contributed by atoms with Gasteiger partial charge in [0.25, 0.3) is 0 Å². The summed E-state index contributed by atoms with van der Waals surface area (Å²) in [6.45, 7) is 5.70. The van der Waals surface area contributed by atoms with E-state index in [1.165, 1.54) is 0 Å². The Morgan fingerprint density at radius 3 is 2.60 bits per heavy atom.